The van der Waals surface area contributed by atoms with Gasteiger partial charge in [0.05, 0.1) is 5.54 Å². The maximum absolute atomic E-state index is 6.40. The molecule has 0 radical (unpaired) electrons. The van der Waals surface area contributed by atoms with Crippen LogP contribution in [-0.2, 0) is 12.6 Å². The molecule has 4 heteroatoms. The second-order valence-electron chi connectivity index (χ2n) is 4.90. The van der Waals surface area contributed by atoms with E-state index in [0.717, 1.165) is 17.0 Å². The first-order chi connectivity index (χ1) is 7.60. The minimum Gasteiger partial charge on any atom is -0.319 e. The Bertz CT molecular complexity index is 537. The average molecular weight is 216 g/mol. The molecule has 0 aliphatic heterocycles. The molecule has 0 bridgehead atoms. The topological polar surface area (TPSA) is 56.7 Å². The molecule has 1 aliphatic rings. The predicted molar refractivity (Wildman–Crippen MR) is 62.8 cm³/mol. The smallest absolute Gasteiger partial charge is 0.159 e. The van der Waals surface area contributed by atoms with Crippen LogP contribution >= 0.6 is 0 Å². The molecular weight excluding hydrogens is 200 g/mol. The molecule has 1 fully saturated rings. The highest BCUT2D eigenvalue weighted by molar-refractivity contribution is 5.71. The van der Waals surface area contributed by atoms with Crippen molar-refractivity contribution >= 4 is 11.2 Å². The summed E-state index contributed by atoms with van der Waals surface area (Å²) in [6.45, 7) is 2.08. The average Bonchev–Trinajstić information content (AvgIpc) is 3.05. The summed E-state index contributed by atoms with van der Waals surface area (Å²) in [6, 6.07) is 3.89. The number of pyridine rings is 1. The summed E-state index contributed by atoms with van der Waals surface area (Å²) in [7, 11) is 1.99. The van der Waals surface area contributed by atoms with Crippen molar-refractivity contribution in [2.45, 2.75) is 25.3 Å². The van der Waals surface area contributed by atoms with Crippen LogP contribution in [0.2, 0.25) is 0 Å². The molecule has 1 saturated carbocycles. The Morgan fingerprint density at radius 3 is 2.88 bits per heavy atom. The van der Waals surface area contributed by atoms with Gasteiger partial charge in [-0.2, -0.15) is 0 Å². The number of aryl methyl sites for hydroxylation is 1. The Kier molecular flexibility index (Phi) is 1.86. The number of aromatic nitrogens is 3. The third kappa shape index (κ3) is 1.26. The number of nitrogens with two attached hydrogens (primary N) is 1. The quantitative estimate of drug-likeness (QED) is 0.828. The molecule has 1 aliphatic carbocycles. The second-order valence-corrected chi connectivity index (χ2v) is 4.90. The van der Waals surface area contributed by atoms with Gasteiger partial charge in [-0.25, -0.2) is 9.97 Å². The molecule has 84 valence electrons. The molecule has 1 unspecified atom stereocenters. The molecule has 0 spiro atoms. The van der Waals surface area contributed by atoms with E-state index in [1.807, 2.05) is 23.7 Å². The van der Waals surface area contributed by atoms with Crippen molar-refractivity contribution in [1.82, 2.24) is 14.5 Å². The van der Waals surface area contributed by atoms with E-state index in [9.17, 15) is 0 Å². The van der Waals surface area contributed by atoms with Crippen LogP contribution in [0.1, 0.15) is 25.6 Å². The van der Waals surface area contributed by atoms with Gasteiger partial charge in [0.15, 0.2) is 5.65 Å². The number of fused-ring (bicyclic) bond motifs is 1. The van der Waals surface area contributed by atoms with Gasteiger partial charge in [0.25, 0.3) is 0 Å². The Morgan fingerprint density at radius 1 is 1.50 bits per heavy atom. The summed E-state index contributed by atoms with van der Waals surface area (Å²) in [4.78, 5) is 8.96. The molecule has 16 heavy (non-hydrogen) atoms. The molecule has 0 aromatic carbocycles. The predicted octanol–water partition coefficient (Wildman–Crippen LogP) is 1.55. The first-order valence-corrected chi connectivity index (χ1v) is 5.67. The monoisotopic (exact) mass is 216 g/mol. The van der Waals surface area contributed by atoms with Crippen LogP contribution in [0, 0.1) is 5.92 Å². The first-order valence-electron chi connectivity index (χ1n) is 5.67. The van der Waals surface area contributed by atoms with Gasteiger partial charge in [-0.05, 0) is 37.8 Å². The van der Waals surface area contributed by atoms with E-state index >= 15 is 0 Å². The van der Waals surface area contributed by atoms with Crippen molar-refractivity contribution in [3.8, 4) is 0 Å². The molecule has 4 nitrogen and oxygen atoms in total. The van der Waals surface area contributed by atoms with Crippen molar-refractivity contribution in [3.63, 3.8) is 0 Å². The fourth-order valence-electron chi connectivity index (χ4n) is 2.37. The van der Waals surface area contributed by atoms with Gasteiger partial charge in [0.2, 0.25) is 0 Å². The SMILES string of the molecule is Cn1c(C(C)(N)C2CC2)nc2cccnc21. The van der Waals surface area contributed by atoms with Gasteiger partial charge in [-0.1, -0.05) is 0 Å². The van der Waals surface area contributed by atoms with Gasteiger partial charge < -0.3 is 10.3 Å². The Labute approximate surface area is 94.5 Å². The third-order valence-electron chi connectivity index (χ3n) is 3.54. The lowest BCUT2D eigenvalue weighted by Crippen LogP contribution is -2.38. The van der Waals surface area contributed by atoms with E-state index in [1.54, 1.807) is 6.20 Å². The van der Waals surface area contributed by atoms with Gasteiger partial charge in [-0.15, -0.1) is 0 Å². The van der Waals surface area contributed by atoms with Crippen LogP contribution < -0.4 is 5.73 Å². The van der Waals surface area contributed by atoms with E-state index in [1.165, 1.54) is 12.8 Å². The summed E-state index contributed by atoms with van der Waals surface area (Å²) < 4.78 is 2.02. The highest BCUT2D eigenvalue weighted by atomic mass is 15.1. The van der Waals surface area contributed by atoms with Crippen LogP contribution in [-0.4, -0.2) is 14.5 Å². The summed E-state index contributed by atoms with van der Waals surface area (Å²) in [5, 5.41) is 0. The van der Waals surface area contributed by atoms with Crippen molar-refractivity contribution < 1.29 is 0 Å². The van der Waals surface area contributed by atoms with E-state index < -0.39 is 0 Å². The molecule has 1 atom stereocenters. The fraction of sp³-hybridized carbons (Fsp3) is 0.500. The molecule has 3 rings (SSSR count). The zero-order valence-corrected chi connectivity index (χ0v) is 9.64. The Balaban J connectivity index is 2.20. The van der Waals surface area contributed by atoms with E-state index in [2.05, 4.69) is 16.9 Å². The maximum Gasteiger partial charge on any atom is 0.159 e. The highest BCUT2D eigenvalue weighted by Gasteiger charge is 2.42. The standard InChI is InChI=1S/C12H16N4/c1-12(13,8-5-6-8)11-15-9-4-3-7-14-10(9)16(11)2/h3-4,7-8H,5-6,13H2,1-2H3. The van der Waals surface area contributed by atoms with E-state index in [-0.39, 0.29) is 5.54 Å². The van der Waals surface area contributed by atoms with Crippen molar-refractivity contribution in [3.05, 3.63) is 24.2 Å². The van der Waals surface area contributed by atoms with Crippen LogP contribution in [0.3, 0.4) is 0 Å². The molecule has 2 heterocycles. The van der Waals surface area contributed by atoms with Crippen molar-refractivity contribution in [2.75, 3.05) is 0 Å². The normalized spacial score (nSPS) is 19.9. The molecule has 2 aromatic rings. The minimum atomic E-state index is -0.324. The first kappa shape index (κ1) is 9.78. The third-order valence-corrected chi connectivity index (χ3v) is 3.54. The summed E-state index contributed by atoms with van der Waals surface area (Å²) >= 11 is 0. The molecule has 0 saturated heterocycles. The van der Waals surface area contributed by atoms with Gasteiger partial charge in [-0.3, -0.25) is 0 Å². The lowest BCUT2D eigenvalue weighted by atomic mass is 9.96. The highest BCUT2D eigenvalue weighted by Crippen LogP contribution is 2.43. The van der Waals surface area contributed by atoms with Gasteiger partial charge >= 0.3 is 0 Å². The lowest BCUT2D eigenvalue weighted by Gasteiger charge is -2.23. The summed E-state index contributed by atoms with van der Waals surface area (Å²) in [5.41, 5.74) is 7.91. The molecule has 2 aromatic heterocycles. The summed E-state index contributed by atoms with van der Waals surface area (Å²) in [5.74, 6) is 1.52. The molecular formula is C12H16N4. The van der Waals surface area contributed by atoms with Gasteiger partial charge in [0, 0.05) is 13.2 Å². The Hall–Kier alpha value is -1.42. The van der Waals surface area contributed by atoms with E-state index in [4.69, 9.17) is 5.73 Å². The maximum atomic E-state index is 6.40. The lowest BCUT2D eigenvalue weighted by molar-refractivity contribution is 0.390. The van der Waals surface area contributed by atoms with Crippen LogP contribution in [0.5, 0.6) is 0 Å². The largest absolute Gasteiger partial charge is 0.319 e. The number of hydrogen-bond acceptors (Lipinski definition) is 3. The Morgan fingerprint density at radius 2 is 2.25 bits per heavy atom. The number of hydrogen-bond donors (Lipinski definition) is 1. The van der Waals surface area contributed by atoms with Crippen LogP contribution in [0.15, 0.2) is 18.3 Å². The zero-order chi connectivity index (χ0) is 11.3. The minimum absolute atomic E-state index is 0.324. The summed E-state index contributed by atoms with van der Waals surface area (Å²) in [6.07, 6.45) is 4.21. The fourth-order valence-corrected chi connectivity index (χ4v) is 2.37. The van der Waals surface area contributed by atoms with Crippen molar-refractivity contribution in [2.24, 2.45) is 18.7 Å². The zero-order valence-electron chi connectivity index (χ0n) is 9.64. The number of nitrogens with zero attached hydrogens (tertiary/aromatic N) is 3. The van der Waals surface area contributed by atoms with Gasteiger partial charge in [0.1, 0.15) is 11.3 Å². The van der Waals surface area contributed by atoms with Crippen LogP contribution in [0.4, 0.5) is 0 Å². The van der Waals surface area contributed by atoms with Crippen molar-refractivity contribution in [1.29, 1.82) is 0 Å². The number of rotatable bonds is 2. The number of imidazole rings is 1. The molecule has 0 amide bonds. The van der Waals surface area contributed by atoms with E-state index in [0.29, 0.717) is 5.92 Å². The van der Waals surface area contributed by atoms with Crippen LogP contribution in [0.25, 0.3) is 11.2 Å². The molecule has 2 N–H and O–H groups in total. The second kappa shape index (κ2) is 3.04.